The van der Waals surface area contributed by atoms with Crippen LogP contribution in [0.25, 0.3) is 0 Å². The first-order valence-corrected chi connectivity index (χ1v) is 6.45. The predicted molar refractivity (Wildman–Crippen MR) is 70.1 cm³/mol. The lowest BCUT2D eigenvalue weighted by atomic mass is 9.70. The summed E-state index contributed by atoms with van der Waals surface area (Å²) in [5.41, 5.74) is 1.66. The zero-order valence-corrected chi connectivity index (χ0v) is 10.8. The van der Waals surface area contributed by atoms with Gasteiger partial charge in [0.25, 0.3) is 0 Å². The topological polar surface area (TPSA) is 12.0 Å². The SMILES string of the molecule is CC(C)(c1ccc(Cl)cc1)C1CCNCC1. The zero-order chi connectivity index (χ0) is 11.6. The van der Waals surface area contributed by atoms with Gasteiger partial charge in [-0.3, -0.25) is 0 Å². The van der Waals surface area contributed by atoms with Crippen LogP contribution in [0.15, 0.2) is 24.3 Å². The summed E-state index contributed by atoms with van der Waals surface area (Å²) in [6, 6.07) is 8.34. The summed E-state index contributed by atoms with van der Waals surface area (Å²) in [6.07, 6.45) is 2.55. The van der Waals surface area contributed by atoms with E-state index in [1.165, 1.54) is 18.4 Å². The summed E-state index contributed by atoms with van der Waals surface area (Å²) >= 11 is 5.94. The number of rotatable bonds is 2. The standard InChI is InChI=1S/C14H20ClN/c1-14(2,12-7-9-16-10-8-12)11-3-5-13(15)6-4-11/h3-6,12,16H,7-10H2,1-2H3. The van der Waals surface area contributed by atoms with E-state index < -0.39 is 0 Å². The first-order valence-electron chi connectivity index (χ1n) is 6.07. The number of halogens is 1. The van der Waals surface area contributed by atoms with Crippen molar-refractivity contribution >= 4 is 11.6 Å². The highest BCUT2D eigenvalue weighted by Crippen LogP contribution is 2.37. The number of hydrogen-bond acceptors (Lipinski definition) is 1. The van der Waals surface area contributed by atoms with E-state index in [4.69, 9.17) is 11.6 Å². The Morgan fingerprint density at radius 1 is 1.12 bits per heavy atom. The Balaban J connectivity index is 2.19. The molecule has 1 saturated heterocycles. The van der Waals surface area contributed by atoms with Crippen LogP contribution in [0, 0.1) is 5.92 Å². The summed E-state index contributed by atoms with van der Waals surface area (Å²) in [5.74, 6) is 0.773. The quantitative estimate of drug-likeness (QED) is 0.829. The molecule has 88 valence electrons. The van der Waals surface area contributed by atoms with Crippen LogP contribution < -0.4 is 5.32 Å². The fourth-order valence-corrected chi connectivity index (χ4v) is 2.78. The van der Waals surface area contributed by atoms with E-state index in [1.807, 2.05) is 12.1 Å². The number of hydrogen-bond donors (Lipinski definition) is 1. The molecular formula is C14H20ClN. The van der Waals surface area contributed by atoms with Gasteiger partial charge in [0, 0.05) is 5.02 Å². The zero-order valence-electron chi connectivity index (χ0n) is 10.1. The maximum absolute atomic E-state index is 5.94. The third-order valence-electron chi connectivity index (χ3n) is 3.95. The van der Waals surface area contributed by atoms with Crippen molar-refractivity contribution in [1.82, 2.24) is 5.32 Å². The Bertz CT molecular complexity index is 336. The minimum Gasteiger partial charge on any atom is -0.317 e. The van der Waals surface area contributed by atoms with Crippen molar-refractivity contribution in [3.05, 3.63) is 34.9 Å². The van der Waals surface area contributed by atoms with E-state index >= 15 is 0 Å². The number of benzene rings is 1. The van der Waals surface area contributed by atoms with Gasteiger partial charge >= 0.3 is 0 Å². The van der Waals surface area contributed by atoms with Crippen LogP contribution in [0.2, 0.25) is 5.02 Å². The summed E-state index contributed by atoms with van der Waals surface area (Å²) in [5, 5.41) is 4.25. The molecule has 1 aromatic rings. The molecule has 0 aliphatic carbocycles. The summed E-state index contributed by atoms with van der Waals surface area (Å²) in [4.78, 5) is 0. The largest absolute Gasteiger partial charge is 0.317 e. The normalized spacial score (nSPS) is 18.7. The second-order valence-electron chi connectivity index (χ2n) is 5.25. The third kappa shape index (κ3) is 2.41. The van der Waals surface area contributed by atoms with Gasteiger partial charge < -0.3 is 5.32 Å². The molecule has 1 N–H and O–H groups in total. The predicted octanol–water partition coefficient (Wildman–Crippen LogP) is 3.62. The monoisotopic (exact) mass is 237 g/mol. The molecule has 0 spiro atoms. The van der Waals surface area contributed by atoms with Crippen LogP contribution in [-0.4, -0.2) is 13.1 Å². The lowest BCUT2D eigenvalue weighted by molar-refractivity contribution is 0.247. The van der Waals surface area contributed by atoms with Gasteiger partial charge in [0.2, 0.25) is 0 Å². The lowest BCUT2D eigenvalue weighted by Gasteiger charge is -2.37. The molecule has 0 aromatic heterocycles. The average molecular weight is 238 g/mol. The minimum atomic E-state index is 0.257. The van der Waals surface area contributed by atoms with Crippen LogP contribution in [0.4, 0.5) is 0 Å². The molecule has 0 bridgehead atoms. The maximum atomic E-state index is 5.94. The van der Waals surface area contributed by atoms with Crippen LogP contribution in [0.5, 0.6) is 0 Å². The van der Waals surface area contributed by atoms with Gasteiger partial charge in [-0.25, -0.2) is 0 Å². The highest BCUT2D eigenvalue weighted by Gasteiger charge is 2.31. The van der Waals surface area contributed by atoms with Crippen molar-refractivity contribution in [3.8, 4) is 0 Å². The fraction of sp³-hybridized carbons (Fsp3) is 0.571. The molecule has 0 amide bonds. The molecule has 0 radical (unpaired) electrons. The van der Waals surface area contributed by atoms with Gasteiger partial charge in [-0.15, -0.1) is 0 Å². The summed E-state index contributed by atoms with van der Waals surface area (Å²) in [6.45, 7) is 7.02. The van der Waals surface area contributed by atoms with Crippen LogP contribution in [0.1, 0.15) is 32.3 Å². The van der Waals surface area contributed by atoms with Crippen LogP contribution in [0.3, 0.4) is 0 Å². The highest BCUT2D eigenvalue weighted by molar-refractivity contribution is 6.30. The second-order valence-corrected chi connectivity index (χ2v) is 5.69. The Morgan fingerprint density at radius 2 is 1.69 bits per heavy atom. The van der Waals surface area contributed by atoms with Crippen molar-refractivity contribution in [1.29, 1.82) is 0 Å². The lowest BCUT2D eigenvalue weighted by Crippen LogP contribution is -2.38. The van der Waals surface area contributed by atoms with Crippen molar-refractivity contribution < 1.29 is 0 Å². The molecule has 16 heavy (non-hydrogen) atoms. The molecule has 0 atom stereocenters. The van der Waals surface area contributed by atoms with Gasteiger partial charge in [0.1, 0.15) is 0 Å². The molecule has 1 nitrogen and oxygen atoms in total. The Hall–Kier alpha value is -0.530. The Kier molecular flexibility index (Phi) is 3.56. The van der Waals surface area contributed by atoms with Crippen LogP contribution in [-0.2, 0) is 5.41 Å². The van der Waals surface area contributed by atoms with Crippen molar-refractivity contribution in [2.45, 2.75) is 32.1 Å². The van der Waals surface area contributed by atoms with Crippen molar-refractivity contribution in [3.63, 3.8) is 0 Å². The Morgan fingerprint density at radius 3 is 2.25 bits per heavy atom. The molecule has 1 aliphatic rings. The maximum Gasteiger partial charge on any atom is 0.0406 e. The van der Waals surface area contributed by atoms with Crippen LogP contribution >= 0.6 is 11.6 Å². The molecule has 1 aromatic carbocycles. The van der Waals surface area contributed by atoms with Gasteiger partial charge in [-0.05, 0) is 55.0 Å². The number of nitrogens with one attached hydrogen (secondary N) is 1. The van der Waals surface area contributed by atoms with Gasteiger partial charge in [-0.1, -0.05) is 37.6 Å². The van der Waals surface area contributed by atoms with Gasteiger partial charge in [-0.2, -0.15) is 0 Å². The Labute approximate surface area is 103 Å². The first-order chi connectivity index (χ1) is 7.60. The molecular weight excluding hydrogens is 218 g/mol. The van der Waals surface area contributed by atoms with E-state index in [1.54, 1.807) is 0 Å². The molecule has 1 fully saturated rings. The molecule has 1 aliphatic heterocycles. The van der Waals surface area contributed by atoms with E-state index in [2.05, 4.69) is 31.3 Å². The highest BCUT2D eigenvalue weighted by atomic mass is 35.5. The number of piperidine rings is 1. The third-order valence-corrected chi connectivity index (χ3v) is 4.20. The summed E-state index contributed by atoms with van der Waals surface area (Å²) in [7, 11) is 0. The second kappa shape index (κ2) is 4.77. The van der Waals surface area contributed by atoms with E-state index in [9.17, 15) is 0 Å². The average Bonchev–Trinajstić information content (AvgIpc) is 2.31. The van der Waals surface area contributed by atoms with Crippen molar-refractivity contribution in [2.75, 3.05) is 13.1 Å². The molecule has 0 saturated carbocycles. The van der Waals surface area contributed by atoms with Gasteiger partial charge in [0.05, 0.1) is 0 Å². The van der Waals surface area contributed by atoms with Gasteiger partial charge in [0.15, 0.2) is 0 Å². The molecule has 2 heteroatoms. The molecule has 2 rings (SSSR count). The molecule has 1 heterocycles. The summed E-state index contributed by atoms with van der Waals surface area (Å²) < 4.78 is 0. The molecule has 0 unspecified atom stereocenters. The fourth-order valence-electron chi connectivity index (χ4n) is 2.66. The van der Waals surface area contributed by atoms with E-state index in [0.29, 0.717) is 0 Å². The first kappa shape index (κ1) is 11.9. The smallest absolute Gasteiger partial charge is 0.0406 e. The van der Waals surface area contributed by atoms with Crippen molar-refractivity contribution in [2.24, 2.45) is 5.92 Å². The minimum absolute atomic E-state index is 0.257. The van der Waals surface area contributed by atoms with E-state index in [-0.39, 0.29) is 5.41 Å². The van der Waals surface area contributed by atoms with E-state index in [0.717, 1.165) is 24.0 Å².